The highest BCUT2D eigenvalue weighted by Gasteiger charge is 2.20. The molecule has 0 atom stereocenters. The number of imidazole rings is 1. The zero-order valence-electron chi connectivity index (χ0n) is 11.2. The van der Waals surface area contributed by atoms with Crippen molar-refractivity contribution in [3.63, 3.8) is 0 Å². The molecule has 0 aliphatic heterocycles. The van der Waals surface area contributed by atoms with Crippen LogP contribution >= 0.6 is 0 Å². The van der Waals surface area contributed by atoms with E-state index in [9.17, 15) is 0 Å². The van der Waals surface area contributed by atoms with E-state index in [-0.39, 0.29) is 0 Å². The van der Waals surface area contributed by atoms with Crippen LogP contribution in [0.3, 0.4) is 0 Å². The summed E-state index contributed by atoms with van der Waals surface area (Å²) in [5, 5.41) is 0. The lowest BCUT2D eigenvalue weighted by Gasteiger charge is -2.24. The molecule has 0 bridgehead atoms. The van der Waals surface area contributed by atoms with Gasteiger partial charge in [-0.05, 0) is 43.9 Å². The number of nitrogens with zero attached hydrogens (tertiary/aromatic N) is 2. The first-order valence-electron chi connectivity index (χ1n) is 6.91. The van der Waals surface area contributed by atoms with Gasteiger partial charge >= 0.3 is 0 Å². The lowest BCUT2D eigenvalue weighted by atomic mass is 9.95. The predicted octanol–water partition coefficient (Wildman–Crippen LogP) is 3.74. The Kier molecular flexibility index (Phi) is 2.77. The van der Waals surface area contributed by atoms with E-state index in [0.717, 1.165) is 5.52 Å². The van der Waals surface area contributed by atoms with Crippen LogP contribution in [0.4, 0.5) is 5.95 Å². The number of nitrogens with two attached hydrogens (primary N) is 1. The maximum atomic E-state index is 6.15. The number of hydrogen-bond acceptors (Lipinski definition) is 2. The van der Waals surface area contributed by atoms with Crippen molar-refractivity contribution in [3.8, 4) is 0 Å². The van der Waals surface area contributed by atoms with Crippen LogP contribution in [0, 0.1) is 13.8 Å². The van der Waals surface area contributed by atoms with Crippen LogP contribution in [0.15, 0.2) is 12.1 Å². The van der Waals surface area contributed by atoms with E-state index in [1.807, 2.05) is 0 Å². The van der Waals surface area contributed by atoms with E-state index in [1.54, 1.807) is 0 Å². The summed E-state index contributed by atoms with van der Waals surface area (Å²) >= 11 is 0. The van der Waals surface area contributed by atoms with E-state index in [2.05, 4.69) is 35.5 Å². The molecule has 3 heteroatoms. The Hall–Kier alpha value is -1.51. The fourth-order valence-electron chi connectivity index (χ4n) is 3.28. The Balaban J connectivity index is 2.18. The van der Waals surface area contributed by atoms with Gasteiger partial charge in [-0.3, -0.25) is 0 Å². The van der Waals surface area contributed by atoms with Crippen molar-refractivity contribution in [2.75, 3.05) is 5.73 Å². The number of hydrogen-bond donors (Lipinski definition) is 1. The second-order valence-corrected chi connectivity index (χ2v) is 5.58. The van der Waals surface area contributed by atoms with Crippen molar-refractivity contribution in [3.05, 3.63) is 23.3 Å². The lowest BCUT2D eigenvalue weighted by Crippen LogP contribution is -2.14. The quantitative estimate of drug-likeness (QED) is 0.829. The maximum absolute atomic E-state index is 6.15. The van der Waals surface area contributed by atoms with Crippen LogP contribution in [-0.4, -0.2) is 9.55 Å². The number of aryl methyl sites for hydroxylation is 2. The number of anilines is 1. The third-order valence-corrected chi connectivity index (χ3v) is 4.10. The number of fused-ring (bicyclic) bond motifs is 1. The summed E-state index contributed by atoms with van der Waals surface area (Å²) in [7, 11) is 0. The van der Waals surface area contributed by atoms with E-state index >= 15 is 0 Å². The zero-order chi connectivity index (χ0) is 12.7. The zero-order valence-corrected chi connectivity index (χ0v) is 11.2. The summed E-state index contributed by atoms with van der Waals surface area (Å²) < 4.78 is 2.27. The van der Waals surface area contributed by atoms with E-state index in [0.29, 0.717) is 12.0 Å². The Morgan fingerprint density at radius 1 is 1.17 bits per heavy atom. The monoisotopic (exact) mass is 243 g/mol. The van der Waals surface area contributed by atoms with Gasteiger partial charge in [-0.25, -0.2) is 4.98 Å². The molecule has 0 saturated heterocycles. The normalized spacial score (nSPS) is 17.4. The summed E-state index contributed by atoms with van der Waals surface area (Å²) in [4.78, 5) is 4.57. The molecule has 1 aromatic heterocycles. The molecule has 1 saturated carbocycles. The molecule has 0 amide bonds. The Morgan fingerprint density at radius 2 is 1.89 bits per heavy atom. The van der Waals surface area contributed by atoms with Gasteiger partial charge in [0.25, 0.3) is 0 Å². The summed E-state index contributed by atoms with van der Waals surface area (Å²) in [6, 6.07) is 4.95. The second kappa shape index (κ2) is 4.30. The Morgan fingerprint density at radius 3 is 2.61 bits per heavy atom. The minimum absolute atomic E-state index is 0.546. The molecule has 1 aromatic carbocycles. The molecule has 2 aromatic rings. The third-order valence-electron chi connectivity index (χ3n) is 4.10. The smallest absolute Gasteiger partial charge is 0.201 e. The molecule has 96 valence electrons. The van der Waals surface area contributed by atoms with Gasteiger partial charge in [0, 0.05) is 6.04 Å². The molecular formula is C15H21N3. The van der Waals surface area contributed by atoms with E-state index in [1.165, 1.54) is 48.7 Å². The fraction of sp³-hybridized carbons (Fsp3) is 0.533. The van der Waals surface area contributed by atoms with Crippen molar-refractivity contribution < 1.29 is 0 Å². The van der Waals surface area contributed by atoms with Crippen molar-refractivity contribution in [1.82, 2.24) is 9.55 Å². The molecule has 1 aliphatic rings. The maximum Gasteiger partial charge on any atom is 0.201 e. The Bertz CT molecular complexity index is 577. The van der Waals surface area contributed by atoms with Gasteiger partial charge in [0.2, 0.25) is 5.95 Å². The van der Waals surface area contributed by atoms with Crippen molar-refractivity contribution >= 4 is 17.0 Å². The van der Waals surface area contributed by atoms with Crippen molar-refractivity contribution in [1.29, 1.82) is 0 Å². The molecule has 1 fully saturated rings. The molecule has 3 nitrogen and oxygen atoms in total. The Labute approximate surface area is 108 Å². The number of aromatic nitrogens is 2. The first-order chi connectivity index (χ1) is 8.66. The van der Waals surface area contributed by atoms with Gasteiger partial charge < -0.3 is 10.3 Å². The fourth-order valence-corrected chi connectivity index (χ4v) is 3.28. The molecule has 0 radical (unpaired) electrons. The molecular weight excluding hydrogens is 222 g/mol. The largest absolute Gasteiger partial charge is 0.369 e. The van der Waals surface area contributed by atoms with Gasteiger partial charge in [-0.2, -0.15) is 0 Å². The summed E-state index contributed by atoms with van der Waals surface area (Å²) in [6.07, 6.45) is 6.47. The van der Waals surface area contributed by atoms with Crippen LogP contribution in [-0.2, 0) is 0 Å². The minimum atomic E-state index is 0.546. The minimum Gasteiger partial charge on any atom is -0.369 e. The van der Waals surface area contributed by atoms with Crippen LogP contribution in [0.1, 0.15) is 49.3 Å². The third kappa shape index (κ3) is 1.78. The highest BCUT2D eigenvalue weighted by atomic mass is 15.2. The van der Waals surface area contributed by atoms with Crippen LogP contribution in [0.25, 0.3) is 11.0 Å². The highest BCUT2D eigenvalue weighted by molar-refractivity contribution is 5.82. The van der Waals surface area contributed by atoms with Gasteiger partial charge in [0.05, 0.1) is 11.0 Å². The molecule has 2 N–H and O–H groups in total. The molecule has 3 rings (SSSR count). The number of nitrogen functional groups attached to an aromatic ring is 1. The average molecular weight is 243 g/mol. The lowest BCUT2D eigenvalue weighted by molar-refractivity contribution is 0.363. The van der Waals surface area contributed by atoms with Crippen LogP contribution in [0.2, 0.25) is 0 Å². The average Bonchev–Trinajstić information content (AvgIpc) is 2.67. The summed E-state index contributed by atoms with van der Waals surface area (Å²) in [5.41, 5.74) is 11.0. The van der Waals surface area contributed by atoms with Gasteiger partial charge in [-0.15, -0.1) is 0 Å². The first-order valence-corrected chi connectivity index (χ1v) is 6.91. The summed E-state index contributed by atoms with van der Waals surface area (Å²) in [6.45, 7) is 4.26. The van der Waals surface area contributed by atoms with E-state index < -0.39 is 0 Å². The van der Waals surface area contributed by atoms with Crippen molar-refractivity contribution in [2.24, 2.45) is 0 Å². The second-order valence-electron chi connectivity index (χ2n) is 5.58. The highest BCUT2D eigenvalue weighted by Crippen LogP contribution is 2.34. The molecule has 0 unspecified atom stereocenters. The molecule has 0 spiro atoms. The standard InChI is InChI=1S/C15H21N3/c1-10-8-11(2)14-13(9-10)18(15(16)17-14)12-6-4-3-5-7-12/h8-9,12H,3-7H2,1-2H3,(H2,16,17). The van der Waals surface area contributed by atoms with Gasteiger partial charge in [-0.1, -0.05) is 25.3 Å². The van der Waals surface area contributed by atoms with Crippen LogP contribution < -0.4 is 5.73 Å². The van der Waals surface area contributed by atoms with Crippen LogP contribution in [0.5, 0.6) is 0 Å². The topological polar surface area (TPSA) is 43.8 Å². The summed E-state index contributed by atoms with van der Waals surface area (Å²) in [5.74, 6) is 0.686. The first kappa shape index (κ1) is 11.6. The molecule has 1 aliphatic carbocycles. The van der Waals surface area contributed by atoms with Gasteiger partial charge in [0.1, 0.15) is 0 Å². The van der Waals surface area contributed by atoms with Crippen molar-refractivity contribution in [2.45, 2.75) is 52.0 Å². The molecule has 18 heavy (non-hydrogen) atoms. The predicted molar refractivity (Wildman–Crippen MR) is 75.7 cm³/mol. The van der Waals surface area contributed by atoms with E-state index in [4.69, 9.17) is 5.73 Å². The van der Waals surface area contributed by atoms with Gasteiger partial charge in [0.15, 0.2) is 0 Å². The molecule has 1 heterocycles. The SMILES string of the molecule is Cc1cc(C)c2nc(N)n(C3CCCCC3)c2c1. The number of rotatable bonds is 1. The number of benzene rings is 1.